The number of benzene rings is 2. The molecule has 0 spiro atoms. The van der Waals surface area contributed by atoms with Gasteiger partial charge in [-0.3, -0.25) is 4.79 Å². The number of carbonyl (C=O) groups excluding carboxylic acids is 1. The van der Waals surface area contributed by atoms with Crippen molar-refractivity contribution in [3.63, 3.8) is 0 Å². The molecule has 0 saturated heterocycles. The Balaban J connectivity index is 1.34. The molecule has 1 amide bonds. The molecule has 26 heavy (non-hydrogen) atoms. The molecule has 2 nitrogen and oxygen atoms in total. The van der Waals surface area contributed by atoms with Crippen LogP contribution in [0.25, 0.3) is 10.8 Å². The van der Waals surface area contributed by atoms with Crippen molar-refractivity contribution in [3.05, 3.63) is 76.7 Å². The maximum Gasteiger partial charge on any atom is 0.224 e. The van der Waals surface area contributed by atoms with Gasteiger partial charge in [0.1, 0.15) is 0 Å². The summed E-state index contributed by atoms with van der Waals surface area (Å²) in [6, 6.07) is 14.8. The Hall–Kier alpha value is -2.57. The van der Waals surface area contributed by atoms with Crippen LogP contribution < -0.4 is 5.32 Å². The summed E-state index contributed by atoms with van der Waals surface area (Å²) in [4.78, 5) is 12.4. The summed E-state index contributed by atoms with van der Waals surface area (Å²) >= 11 is 0. The van der Waals surface area contributed by atoms with Crippen LogP contribution in [0, 0.1) is 0 Å². The van der Waals surface area contributed by atoms with Crippen molar-refractivity contribution in [2.45, 2.75) is 51.4 Å². The smallest absolute Gasteiger partial charge is 0.224 e. The molecule has 2 heteroatoms. The highest BCUT2D eigenvalue weighted by atomic mass is 16.1. The predicted octanol–water partition coefficient (Wildman–Crippen LogP) is 5.59. The zero-order valence-electron chi connectivity index (χ0n) is 15.2. The maximum absolute atomic E-state index is 12.4. The van der Waals surface area contributed by atoms with E-state index in [0.29, 0.717) is 6.42 Å². The second-order valence-electron chi connectivity index (χ2n) is 7.32. The normalized spacial score (nSPS) is 15.9. The first-order valence-corrected chi connectivity index (χ1v) is 9.69. The Kier molecular flexibility index (Phi) is 5.04. The van der Waals surface area contributed by atoms with Crippen molar-refractivity contribution < 1.29 is 4.79 Å². The summed E-state index contributed by atoms with van der Waals surface area (Å²) in [5.74, 6) is 0.136. The van der Waals surface area contributed by atoms with Crippen LogP contribution in [0.5, 0.6) is 0 Å². The number of aryl methyl sites for hydroxylation is 1. The molecule has 2 aliphatic rings. The summed E-state index contributed by atoms with van der Waals surface area (Å²) in [7, 11) is 0. The first kappa shape index (κ1) is 16.9. The average Bonchev–Trinajstić information content (AvgIpc) is 3.39. The Labute approximate surface area is 155 Å². The fourth-order valence-electron chi connectivity index (χ4n) is 3.59. The molecule has 0 unspecified atom stereocenters. The minimum Gasteiger partial charge on any atom is -0.330 e. The molecule has 1 saturated carbocycles. The summed E-state index contributed by atoms with van der Waals surface area (Å²) in [6.45, 7) is 0. The zero-order valence-corrected chi connectivity index (χ0v) is 15.2. The molecule has 0 atom stereocenters. The minimum atomic E-state index is 0.136. The molecular formula is C24H25NO. The van der Waals surface area contributed by atoms with E-state index < -0.39 is 0 Å². The molecule has 4 rings (SSSR count). The first-order valence-electron chi connectivity index (χ1n) is 9.69. The van der Waals surface area contributed by atoms with E-state index in [-0.39, 0.29) is 5.91 Å². The van der Waals surface area contributed by atoms with Crippen LogP contribution in [-0.4, -0.2) is 5.91 Å². The van der Waals surface area contributed by atoms with Crippen molar-refractivity contribution in [2.75, 3.05) is 0 Å². The molecule has 0 aliphatic heterocycles. The lowest BCUT2D eigenvalue weighted by atomic mass is 10.0. The number of rotatable bonds is 6. The Morgan fingerprint density at radius 3 is 2.73 bits per heavy atom. The molecule has 132 valence electrons. The maximum atomic E-state index is 12.4. The zero-order chi connectivity index (χ0) is 17.8. The molecule has 1 fully saturated rings. The number of carbonyl (C=O) groups is 1. The second-order valence-corrected chi connectivity index (χ2v) is 7.32. The van der Waals surface area contributed by atoms with Crippen molar-refractivity contribution in [1.29, 1.82) is 0 Å². The van der Waals surface area contributed by atoms with Gasteiger partial charge in [0.15, 0.2) is 0 Å². The number of nitrogens with one attached hydrogen (secondary N) is 1. The van der Waals surface area contributed by atoms with Gasteiger partial charge < -0.3 is 5.32 Å². The highest BCUT2D eigenvalue weighted by Gasteiger charge is 2.16. The first-order chi connectivity index (χ1) is 12.8. The van der Waals surface area contributed by atoms with E-state index >= 15 is 0 Å². The van der Waals surface area contributed by atoms with E-state index in [1.165, 1.54) is 40.3 Å². The minimum absolute atomic E-state index is 0.136. The van der Waals surface area contributed by atoms with Gasteiger partial charge in [-0.05, 0) is 78.5 Å². The Morgan fingerprint density at radius 2 is 1.88 bits per heavy atom. The lowest BCUT2D eigenvalue weighted by Gasteiger charge is -2.09. The number of amides is 1. The quantitative estimate of drug-likeness (QED) is 0.680. The van der Waals surface area contributed by atoms with Gasteiger partial charge in [0.2, 0.25) is 5.91 Å². The largest absolute Gasteiger partial charge is 0.330 e. The van der Waals surface area contributed by atoms with Crippen molar-refractivity contribution >= 4 is 16.7 Å². The van der Waals surface area contributed by atoms with Gasteiger partial charge >= 0.3 is 0 Å². The van der Waals surface area contributed by atoms with Gasteiger partial charge in [0.05, 0.1) is 0 Å². The topological polar surface area (TPSA) is 29.1 Å². The number of allylic oxidation sites excluding steroid dienone is 3. The van der Waals surface area contributed by atoms with E-state index in [1.807, 2.05) is 0 Å². The van der Waals surface area contributed by atoms with Gasteiger partial charge in [0, 0.05) is 12.1 Å². The highest BCUT2D eigenvalue weighted by Crippen LogP contribution is 2.29. The Bertz CT molecular complexity index is 922. The van der Waals surface area contributed by atoms with Gasteiger partial charge in [0.25, 0.3) is 0 Å². The van der Waals surface area contributed by atoms with Crippen molar-refractivity contribution in [2.24, 2.45) is 0 Å². The molecule has 2 aromatic carbocycles. The lowest BCUT2D eigenvalue weighted by molar-refractivity contribution is -0.120. The van der Waals surface area contributed by atoms with Crippen LogP contribution in [0.15, 0.2) is 71.1 Å². The van der Waals surface area contributed by atoms with Crippen LogP contribution in [0.2, 0.25) is 0 Å². The summed E-state index contributed by atoms with van der Waals surface area (Å²) in [5.41, 5.74) is 8.57. The predicted molar refractivity (Wildman–Crippen MR) is 107 cm³/mol. The number of fused-ring (bicyclic) bond motifs is 1. The number of hydrogen-bond acceptors (Lipinski definition) is 1. The van der Waals surface area contributed by atoms with Crippen LogP contribution in [0.1, 0.15) is 50.5 Å². The van der Waals surface area contributed by atoms with Crippen LogP contribution in [-0.2, 0) is 11.2 Å². The average molecular weight is 343 g/mol. The molecule has 1 N–H and O–H groups in total. The van der Waals surface area contributed by atoms with Crippen LogP contribution in [0.3, 0.4) is 0 Å². The van der Waals surface area contributed by atoms with E-state index in [4.69, 9.17) is 0 Å². The molecule has 0 heterocycles. The van der Waals surface area contributed by atoms with Crippen LogP contribution in [0.4, 0.5) is 0 Å². The van der Waals surface area contributed by atoms with Gasteiger partial charge in [-0.1, -0.05) is 42.5 Å². The molecule has 0 aromatic heterocycles. The fourth-order valence-corrected chi connectivity index (χ4v) is 3.59. The van der Waals surface area contributed by atoms with E-state index in [1.54, 1.807) is 0 Å². The fraction of sp³-hybridized carbons (Fsp3) is 0.333. The Morgan fingerprint density at radius 1 is 1.04 bits per heavy atom. The van der Waals surface area contributed by atoms with Gasteiger partial charge in [-0.2, -0.15) is 0 Å². The third-order valence-corrected chi connectivity index (χ3v) is 5.23. The van der Waals surface area contributed by atoms with Crippen LogP contribution >= 0.6 is 0 Å². The van der Waals surface area contributed by atoms with E-state index in [2.05, 4.69) is 59.6 Å². The van der Waals surface area contributed by atoms with Gasteiger partial charge in [-0.15, -0.1) is 5.73 Å². The molecule has 2 aliphatic carbocycles. The third kappa shape index (κ3) is 4.33. The number of hydrogen-bond donors (Lipinski definition) is 1. The molecule has 0 radical (unpaired) electrons. The molecule has 2 aromatic rings. The van der Waals surface area contributed by atoms with E-state index in [9.17, 15) is 4.79 Å². The summed E-state index contributed by atoms with van der Waals surface area (Å²) in [6.07, 6.45) is 10.1. The van der Waals surface area contributed by atoms with Gasteiger partial charge in [-0.25, -0.2) is 0 Å². The standard InChI is InChI=1S/C24H25NO/c26-24(16-14-19-13-15-20-6-1-2-7-22(20)17-19)25-23-10-4-9-21(23)8-3-5-18-11-12-18/h1-3,6-7,13,15,17H,4,8-12,14,16H2,(H,25,26). The van der Waals surface area contributed by atoms with Crippen molar-refractivity contribution in [3.8, 4) is 0 Å². The molecular weight excluding hydrogens is 318 g/mol. The van der Waals surface area contributed by atoms with Crippen molar-refractivity contribution in [1.82, 2.24) is 5.32 Å². The van der Waals surface area contributed by atoms with E-state index in [0.717, 1.165) is 37.8 Å². The highest BCUT2D eigenvalue weighted by molar-refractivity contribution is 5.83. The lowest BCUT2D eigenvalue weighted by Crippen LogP contribution is -2.23. The monoisotopic (exact) mass is 343 g/mol. The third-order valence-electron chi connectivity index (χ3n) is 5.23. The second kappa shape index (κ2) is 7.76. The summed E-state index contributed by atoms with van der Waals surface area (Å²) in [5, 5.41) is 5.66. The SMILES string of the molecule is O=C(CCc1ccc2ccccc2c1)NC1=C(CC=C=C2CC2)CCC1. The summed E-state index contributed by atoms with van der Waals surface area (Å²) < 4.78 is 0. The molecule has 0 bridgehead atoms.